The van der Waals surface area contributed by atoms with Gasteiger partial charge in [0.25, 0.3) is 0 Å². The fourth-order valence-electron chi connectivity index (χ4n) is 3.28. The molecule has 0 heterocycles. The van der Waals surface area contributed by atoms with Gasteiger partial charge in [0, 0.05) is 12.1 Å². The second kappa shape index (κ2) is 6.77. The largest absolute Gasteiger partial charge is 0.459 e. The standard InChI is InChI=1S/C15H23NO4/c1-10(2)14(17)19-5-6-20-15(18)16-9-13-8-11-3-4-12(13)7-11/h11-13H,1,3-9H2,2H3,(H,16,18). The van der Waals surface area contributed by atoms with Gasteiger partial charge in [0.2, 0.25) is 0 Å². The van der Waals surface area contributed by atoms with Crippen molar-refractivity contribution >= 4 is 12.1 Å². The summed E-state index contributed by atoms with van der Waals surface area (Å²) in [6.45, 7) is 5.87. The van der Waals surface area contributed by atoms with Crippen molar-refractivity contribution in [2.75, 3.05) is 19.8 Å². The van der Waals surface area contributed by atoms with E-state index in [-0.39, 0.29) is 13.2 Å². The lowest BCUT2D eigenvalue weighted by molar-refractivity contribution is -0.139. The Morgan fingerprint density at radius 1 is 1.20 bits per heavy atom. The van der Waals surface area contributed by atoms with E-state index < -0.39 is 12.1 Å². The summed E-state index contributed by atoms with van der Waals surface area (Å²) in [5, 5.41) is 2.80. The molecule has 112 valence electrons. The average Bonchev–Trinajstić information content (AvgIpc) is 3.03. The van der Waals surface area contributed by atoms with Gasteiger partial charge in [0.15, 0.2) is 0 Å². The first kappa shape index (κ1) is 14.9. The number of carbonyl (C=O) groups excluding carboxylic acids is 2. The highest BCUT2D eigenvalue weighted by Crippen LogP contribution is 2.47. The first-order chi connectivity index (χ1) is 9.56. The zero-order valence-electron chi connectivity index (χ0n) is 12.0. The zero-order chi connectivity index (χ0) is 14.5. The average molecular weight is 281 g/mol. The van der Waals surface area contributed by atoms with Gasteiger partial charge in [-0.3, -0.25) is 0 Å². The molecule has 0 aromatic rings. The summed E-state index contributed by atoms with van der Waals surface area (Å²) in [7, 11) is 0. The van der Waals surface area contributed by atoms with Crippen LogP contribution in [0.2, 0.25) is 0 Å². The molecule has 0 aliphatic heterocycles. The van der Waals surface area contributed by atoms with Crippen LogP contribution in [0.4, 0.5) is 4.79 Å². The minimum absolute atomic E-state index is 0.0627. The molecule has 2 aliphatic rings. The van der Waals surface area contributed by atoms with E-state index in [0.29, 0.717) is 18.0 Å². The Kier molecular flexibility index (Phi) is 5.04. The Hall–Kier alpha value is -1.52. The molecular formula is C15H23NO4. The van der Waals surface area contributed by atoms with Crippen LogP contribution in [0.5, 0.6) is 0 Å². The molecule has 5 nitrogen and oxygen atoms in total. The van der Waals surface area contributed by atoms with Gasteiger partial charge in [0.05, 0.1) is 0 Å². The van der Waals surface area contributed by atoms with Crippen molar-refractivity contribution in [3.8, 4) is 0 Å². The van der Waals surface area contributed by atoms with Crippen LogP contribution in [0.15, 0.2) is 12.2 Å². The normalized spacial score (nSPS) is 27.1. The second-order valence-corrected chi connectivity index (χ2v) is 5.87. The summed E-state index contributed by atoms with van der Waals surface area (Å²) in [6, 6.07) is 0. The highest BCUT2D eigenvalue weighted by atomic mass is 16.6. The summed E-state index contributed by atoms with van der Waals surface area (Å²) in [5.74, 6) is 1.82. The van der Waals surface area contributed by atoms with Crippen LogP contribution < -0.4 is 5.32 Å². The van der Waals surface area contributed by atoms with E-state index in [0.717, 1.165) is 11.8 Å². The van der Waals surface area contributed by atoms with Crippen molar-refractivity contribution in [3.05, 3.63) is 12.2 Å². The van der Waals surface area contributed by atoms with Gasteiger partial charge < -0.3 is 14.8 Å². The molecule has 0 spiro atoms. The molecule has 0 aromatic heterocycles. The van der Waals surface area contributed by atoms with Gasteiger partial charge in [-0.1, -0.05) is 13.0 Å². The number of fused-ring (bicyclic) bond motifs is 2. The summed E-state index contributed by atoms with van der Waals surface area (Å²) < 4.78 is 9.78. The molecule has 3 atom stereocenters. The van der Waals surface area contributed by atoms with Gasteiger partial charge in [-0.2, -0.15) is 0 Å². The Bertz CT molecular complexity index is 393. The molecule has 5 heteroatoms. The quantitative estimate of drug-likeness (QED) is 0.461. The number of rotatable bonds is 6. The molecule has 3 unspecified atom stereocenters. The number of esters is 1. The third-order valence-corrected chi connectivity index (χ3v) is 4.29. The highest BCUT2D eigenvalue weighted by molar-refractivity contribution is 5.86. The van der Waals surface area contributed by atoms with E-state index in [9.17, 15) is 9.59 Å². The van der Waals surface area contributed by atoms with Gasteiger partial charge in [0.1, 0.15) is 13.2 Å². The smallest absolute Gasteiger partial charge is 0.407 e. The van der Waals surface area contributed by atoms with Crippen LogP contribution in [0.1, 0.15) is 32.6 Å². The van der Waals surface area contributed by atoms with Crippen LogP contribution in [0.3, 0.4) is 0 Å². The van der Waals surface area contributed by atoms with E-state index in [2.05, 4.69) is 11.9 Å². The van der Waals surface area contributed by atoms with Crippen molar-refractivity contribution in [3.63, 3.8) is 0 Å². The minimum Gasteiger partial charge on any atom is -0.459 e. The maximum absolute atomic E-state index is 11.5. The maximum atomic E-state index is 11.5. The predicted molar refractivity (Wildman–Crippen MR) is 74.1 cm³/mol. The number of nitrogens with one attached hydrogen (secondary N) is 1. The fraction of sp³-hybridized carbons (Fsp3) is 0.733. The molecule has 2 saturated carbocycles. The van der Waals surface area contributed by atoms with Crippen molar-refractivity contribution < 1.29 is 19.1 Å². The molecule has 0 aromatic carbocycles. The lowest BCUT2D eigenvalue weighted by atomic mass is 9.89. The van der Waals surface area contributed by atoms with Crippen LogP contribution >= 0.6 is 0 Å². The molecule has 0 radical (unpaired) electrons. The molecule has 0 saturated heterocycles. The van der Waals surface area contributed by atoms with Crippen molar-refractivity contribution in [2.24, 2.45) is 17.8 Å². The molecule has 2 aliphatic carbocycles. The monoisotopic (exact) mass is 281 g/mol. The molecule has 1 amide bonds. The number of carbonyl (C=O) groups is 2. The summed E-state index contributed by atoms with van der Waals surface area (Å²) in [4.78, 5) is 22.6. The first-order valence-electron chi connectivity index (χ1n) is 7.29. The lowest BCUT2D eigenvalue weighted by Gasteiger charge is -2.21. The van der Waals surface area contributed by atoms with Crippen LogP contribution in [-0.4, -0.2) is 31.8 Å². The highest BCUT2D eigenvalue weighted by Gasteiger charge is 2.39. The van der Waals surface area contributed by atoms with Crippen molar-refractivity contribution in [2.45, 2.75) is 32.6 Å². The number of amides is 1. The first-order valence-corrected chi connectivity index (χ1v) is 7.29. The SMILES string of the molecule is C=C(C)C(=O)OCCOC(=O)NCC1CC2CCC1C2. The number of hydrogen-bond acceptors (Lipinski definition) is 4. The lowest BCUT2D eigenvalue weighted by Crippen LogP contribution is -2.32. The van der Waals surface area contributed by atoms with Crippen LogP contribution in [0, 0.1) is 17.8 Å². The summed E-state index contributed by atoms with van der Waals surface area (Å²) >= 11 is 0. The minimum atomic E-state index is -0.462. The van der Waals surface area contributed by atoms with Gasteiger partial charge in [-0.15, -0.1) is 0 Å². The Morgan fingerprint density at radius 3 is 2.55 bits per heavy atom. The Labute approximate surface area is 119 Å². The Balaban J connectivity index is 1.52. The maximum Gasteiger partial charge on any atom is 0.407 e. The van der Waals surface area contributed by atoms with Crippen molar-refractivity contribution in [1.29, 1.82) is 0 Å². The number of ether oxygens (including phenoxy) is 2. The molecule has 2 fully saturated rings. The summed E-state index contributed by atoms with van der Waals surface area (Å²) in [6.07, 6.45) is 4.81. The Morgan fingerprint density at radius 2 is 1.95 bits per heavy atom. The van der Waals surface area contributed by atoms with E-state index in [4.69, 9.17) is 9.47 Å². The van der Waals surface area contributed by atoms with E-state index >= 15 is 0 Å². The molecule has 2 bridgehead atoms. The van der Waals surface area contributed by atoms with E-state index in [1.54, 1.807) is 6.92 Å². The number of hydrogen-bond donors (Lipinski definition) is 1. The van der Waals surface area contributed by atoms with E-state index in [1.165, 1.54) is 25.7 Å². The molecule has 1 N–H and O–H groups in total. The molecular weight excluding hydrogens is 258 g/mol. The topological polar surface area (TPSA) is 64.6 Å². The fourth-order valence-corrected chi connectivity index (χ4v) is 3.28. The second-order valence-electron chi connectivity index (χ2n) is 5.87. The van der Waals surface area contributed by atoms with Gasteiger partial charge >= 0.3 is 12.1 Å². The third kappa shape index (κ3) is 3.99. The van der Waals surface area contributed by atoms with E-state index in [1.807, 2.05) is 0 Å². The van der Waals surface area contributed by atoms with Gasteiger partial charge in [-0.05, 0) is 43.9 Å². The molecule has 2 rings (SSSR count). The zero-order valence-corrected chi connectivity index (χ0v) is 12.0. The van der Waals surface area contributed by atoms with Crippen LogP contribution in [-0.2, 0) is 14.3 Å². The van der Waals surface area contributed by atoms with Crippen molar-refractivity contribution in [1.82, 2.24) is 5.32 Å². The third-order valence-electron chi connectivity index (χ3n) is 4.29. The molecule has 20 heavy (non-hydrogen) atoms. The predicted octanol–water partition coefficient (Wildman–Crippen LogP) is 2.27. The summed E-state index contributed by atoms with van der Waals surface area (Å²) in [5.41, 5.74) is 0.339. The van der Waals surface area contributed by atoms with Crippen LogP contribution in [0.25, 0.3) is 0 Å². The van der Waals surface area contributed by atoms with Gasteiger partial charge in [-0.25, -0.2) is 9.59 Å². The number of alkyl carbamates (subject to hydrolysis) is 1.